The summed E-state index contributed by atoms with van der Waals surface area (Å²) in [5, 5.41) is 0. The Balaban J connectivity index is 1.87. The molecule has 1 unspecified atom stereocenters. The van der Waals surface area contributed by atoms with Gasteiger partial charge in [-0.3, -0.25) is 0 Å². The molecule has 0 saturated heterocycles. The van der Waals surface area contributed by atoms with E-state index in [1.807, 2.05) is 99.6 Å². The van der Waals surface area contributed by atoms with E-state index in [0.29, 0.717) is 21.8 Å². The minimum Gasteiger partial charge on any atom is -0.467 e. The number of nitrogens with one attached hydrogen (secondary N) is 1. The second-order valence-electron chi connectivity index (χ2n) is 8.17. The molecule has 1 heterocycles. The third-order valence-corrected chi connectivity index (χ3v) is 7.24. The van der Waals surface area contributed by atoms with Crippen LogP contribution in [0.5, 0.6) is 0 Å². The minimum absolute atomic E-state index is 0.303. The second kappa shape index (κ2) is 9.61. The number of hydrogen-bond acceptors (Lipinski definition) is 3. The Hall–Kier alpha value is -3.41. The highest BCUT2D eigenvalue weighted by Gasteiger charge is 2.29. The highest BCUT2D eigenvalue weighted by molar-refractivity contribution is 7.89. The topological polar surface area (TPSA) is 59.3 Å². The molecule has 0 aliphatic rings. The quantitative estimate of drug-likeness (QED) is 0.324. The zero-order valence-corrected chi connectivity index (χ0v) is 19.8. The summed E-state index contributed by atoms with van der Waals surface area (Å²) in [6.07, 6.45) is 3.56. The van der Waals surface area contributed by atoms with Crippen molar-refractivity contribution in [2.75, 3.05) is 0 Å². The zero-order chi connectivity index (χ0) is 23.4. The molecule has 1 atom stereocenters. The van der Waals surface area contributed by atoms with Gasteiger partial charge in [-0.2, -0.15) is 4.72 Å². The van der Waals surface area contributed by atoms with Gasteiger partial charge in [0.15, 0.2) is 0 Å². The van der Waals surface area contributed by atoms with E-state index in [9.17, 15) is 8.42 Å². The van der Waals surface area contributed by atoms with E-state index in [0.717, 1.165) is 22.3 Å². The highest BCUT2D eigenvalue weighted by Crippen LogP contribution is 2.34. The molecule has 33 heavy (non-hydrogen) atoms. The number of furan rings is 1. The summed E-state index contributed by atoms with van der Waals surface area (Å²) in [6, 6.07) is 26.2. The Morgan fingerprint density at radius 2 is 1.45 bits per heavy atom. The summed E-state index contributed by atoms with van der Waals surface area (Å²) in [5.74, 6) is 0.520. The fraction of sp³-hybridized carbons (Fsp3) is 0.143. The van der Waals surface area contributed by atoms with Gasteiger partial charge in [0, 0.05) is 0 Å². The van der Waals surface area contributed by atoms with Crippen LogP contribution in [-0.4, -0.2) is 8.42 Å². The van der Waals surface area contributed by atoms with Crippen LogP contribution in [-0.2, 0) is 10.0 Å². The lowest BCUT2D eigenvalue weighted by Gasteiger charge is -2.22. The van der Waals surface area contributed by atoms with Crippen molar-refractivity contribution in [3.05, 3.63) is 125 Å². The number of rotatable bonds is 7. The number of benzene rings is 3. The van der Waals surface area contributed by atoms with Crippen molar-refractivity contribution >= 4 is 21.7 Å². The van der Waals surface area contributed by atoms with Gasteiger partial charge in [-0.15, -0.1) is 0 Å². The van der Waals surface area contributed by atoms with Crippen molar-refractivity contribution in [1.29, 1.82) is 0 Å². The van der Waals surface area contributed by atoms with E-state index < -0.39 is 16.1 Å². The fourth-order valence-corrected chi connectivity index (χ4v) is 5.86. The largest absolute Gasteiger partial charge is 0.467 e. The van der Waals surface area contributed by atoms with Gasteiger partial charge < -0.3 is 4.42 Å². The van der Waals surface area contributed by atoms with Crippen LogP contribution in [0.15, 0.2) is 101 Å². The van der Waals surface area contributed by atoms with Crippen LogP contribution in [0.3, 0.4) is 0 Å². The van der Waals surface area contributed by atoms with Gasteiger partial charge >= 0.3 is 0 Å². The number of aryl methyl sites for hydroxylation is 3. The van der Waals surface area contributed by atoms with Crippen LogP contribution in [0.1, 0.15) is 39.6 Å². The molecule has 1 N–H and O–H groups in total. The molecule has 0 bridgehead atoms. The maximum Gasteiger partial charge on any atom is 0.242 e. The molecular weight excluding hydrogens is 430 g/mol. The smallest absolute Gasteiger partial charge is 0.242 e. The molecule has 4 nitrogen and oxygen atoms in total. The van der Waals surface area contributed by atoms with Crippen LogP contribution in [0.4, 0.5) is 0 Å². The Morgan fingerprint density at radius 3 is 2.03 bits per heavy atom. The Bertz CT molecular complexity index is 1330. The first-order valence-corrected chi connectivity index (χ1v) is 12.3. The third-order valence-electron chi connectivity index (χ3n) is 5.51. The predicted octanol–water partition coefficient (Wildman–Crippen LogP) is 6.47. The molecule has 0 amide bonds. The van der Waals surface area contributed by atoms with Crippen molar-refractivity contribution in [1.82, 2.24) is 4.72 Å². The van der Waals surface area contributed by atoms with Crippen molar-refractivity contribution < 1.29 is 12.8 Å². The van der Waals surface area contributed by atoms with Gasteiger partial charge in [-0.1, -0.05) is 78.4 Å². The molecule has 0 saturated carbocycles. The van der Waals surface area contributed by atoms with Crippen LogP contribution in [0.25, 0.3) is 11.6 Å². The lowest BCUT2D eigenvalue weighted by molar-refractivity contribution is 0.481. The molecule has 0 fully saturated rings. The average molecular weight is 458 g/mol. The van der Waals surface area contributed by atoms with Gasteiger partial charge in [-0.25, -0.2) is 8.42 Å². The lowest BCUT2D eigenvalue weighted by atomic mass is 9.95. The van der Waals surface area contributed by atoms with Crippen molar-refractivity contribution in [2.45, 2.75) is 31.7 Å². The average Bonchev–Trinajstić information content (AvgIpc) is 3.31. The summed E-state index contributed by atoms with van der Waals surface area (Å²) in [5.41, 5.74) is 5.12. The molecule has 0 radical (unpaired) electrons. The number of sulfonamides is 1. The normalized spacial score (nSPS) is 13.1. The standard InChI is InChI=1S/C28H27NO3S/c1-20-17-21(2)28(22(3)18-20)33(30,31)29-27(26-15-10-16-32-26)25(24-13-8-5-9-14-24)19-23-11-6-4-7-12-23/h4-19,27,29H,1-3H3. The molecule has 4 aromatic rings. The maximum atomic E-state index is 13.7. The Labute approximate surface area is 195 Å². The van der Waals surface area contributed by atoms with E-state index in [1.54, 1.807) is 18.4 Å². The highest BCUT2D eigenvalue weighted by atomic mass is 32.2. The van der Waals surface area contributed by atoms with E-state index in [2.05, 4.69) is 4.72 Å². The van der Waals surface area contributed by atoms with Crippen LogP contribution < -0.4 is 4.72 Å². The monoisotopic (exact) mass is 457 g/mol. The molecular formula is C28H27NO3S. The van der Waals surface area contributed by atoms with Gasteiger partial charge in [0.25, 0.3) is 0 Å². The first kappa shape index (κ1) is 22.8. The van der Waals surface area contributed by atoms with Gasteiger partial charge in [-0.05, 0) is 66.8 Å². The van der Waals surface area contributed by atoms with Crippen molar-refractivity contribution in [3.8, 4) is 0 Å². The van der Waals surface area contributed by atoms with Crippen molar-refractivity contribution in [2.24, 2.45) is 0 Å². The van der Waals surface area contributed by atoms with Crippen LogP contribution in [0, 0.1) is 20.8 Å². The van der Waals surface area contributed by atoms with Gasteiger partial charge in [0.1, 0.15) is 11.8 Å². The molecule has 4 rings (SSSR count). The molecule has 5 heteroatoms. The van der Waals surface area contributed by atoms with Crippen LogP contribution >= 0.6 is 0 Å². The first-order valence-electron chi connectivity index (χ1n) is 10.8. The molecule has 0 aliphatic heterocycles. The predicted molar refractivity (Wildman–Crippen MR) is 133 cm³/mol. The maximum absolute atomic E-state index is 13.7. The molecule has 0 spiro atoms. The van der Waals surface area contributed by atoms with Crippen LogP contribution in [0.2, 0.25) is 0 Å². The van der Waals surface area contributed by atoms with Crippen molar-refractivity contribution in [3.63, 3.8) is 0 Å². The Morgan fingerprint density at radius 1 is 0.848 bits per heavy atom. The third kappa shape index (κ3) is 5.16. The van der Waals surface area contributed by atoms with E-state index in [4.69, 9.17) is 4.42 Å². The first-order chi connectivity index (χ1) is 15.8. The molecule has 3 aromatic carbocycles. The van der Waals surface area contributed by atoms with E-state index in [-0.39, 0.29) is 0 Å². The molecule has 168 valence electrons. The van der Waals surface area contributed by atoms with Gasteiger partial charge in [0.05, 0.1) is 11.2 Å². The number of hydrogen-bond donors (Lipinski definition) is 1. The SMILES string of the molecule is Cc1cc(C)c(S(=O)(=O)NC(C(=Cc2ccccc2)c2ccccc2)c2ccco2)c(C)c1. The Kier molecular flexibility index (Phi) is 6.63. The van der Waals surface area contributed by atoms with Gasteiger partial charge in [0.2, 0.25) is 10.0 Å². The summed E-state index contributed by atoms with van der Waals surface area (Å²) in [4.78, 5) is 0.303. The minimum atomic E-state index is -3.86. The zero-order valence-electron chi connectivity index (χ0n) is 18.9. The summed E-state index contributed by atoms with van der Waals surface area (Å²) in [6.45, 7) is 5.62. The second-order valence-corrected chi connectivity index (χ2v) is 9.82. The molecule has 0 aliphatic carbocycles. The summed E-state index contributed by atoms with van der Waals surface area (Å²) < 4.78 is 36.1. The van der Waals surface area contributed by atoms with E-state index in [1.165, 1.54) is 0 Å². The fourth-order valence-electron chi connectivity index (χ4n) is 4.23. The molecule has 1 aromatic heterocycles. The van der Waals surface area contributed by atoms with E-state index >= 15 is 0 Å². The summed E-state index contributed by atoms with van der Waals surface area (Å²) in [7, 11) is -3.86. The summed E-state index contributed by atoms with van der Waals surface area (Å²) >= 11 is 0. The lowest BCUT2D eigenvalue weighted by Crippen LogP contribution is -2.30.